The van der Waals surface area contributed by atoms with Crippen LogP contribution in [-0.4, -0.2) is 34.0 Å². The van der Waals surface area contributed by atoms with Gasteiger partial charge in [-0.05, 0) is 49.7 Å². The van der Waals surface area contributed by atoms with E-state index in [2.05, 4.69) is 9.88 Å². The number of aromatic amines is 1. The maximum Gasteiger partial charge on any atom is 0.335 e. The Hall–Kier alpha value is -1.81. The highest BCUT2D eigenvalue weighted by Crippen LogP contribution is 2.22. The molecule has 1 aliphatic heterocycles. The van der Waals surface area contributed by atoms with Crippen LogP contribution in [0.5, 0.6) is 0 Å². The number of carboxylic acids is 1. The zero-order chi connectivity index (χ0) is 13.9. The van der Waals surface area contributed by atoms with E-state index in [0.29, 0.717) is 5.56 Å². The Morgan fingerprint density at radius 3 is 2.65 bits per heavy atom. The molecule has 2 N–H and O–H groups in total. The van der Waals surface area contributed by atoms with Crippen molar-refractivity contribution in [2.45, 2.75) is 32.2 Å². The first kappa shape index (κ1) is 13.2. The number of hydrogen-bond donors (Lipinski definition) is 2. The van der Waals surface area contributed by atoms with Gasteiger partial charge in [0.15, 0.2) is 0 Å². The van der Waals surface area contributed by atoms with Gasteiger partial charge in [-0.25, -0.2) is 4.79 Å². The van der Waals surface area contributed by atoms with Gasteiger partial charge in [-0.1, -0.05) is 12.8 Å². The van der Waals surface area contributed by atoms with E-state index in [9.17, 15) is 4.79 Å². The Morgan fingerprint density at radius 1 is 1.20 bits per heavy atom. The van der Waals surface area contributed by atoms with Gasteiger partial charge in [0.1, 0.15) is 0 Å². The number of hydrogen-bond acceptors (Lipinski definition) is 2. The normalized spacial score (nSPS) is 17.2. The zero-order valence-electron chi connectivity index (χ0n) is 11.6. The van der Waals surface area contributed by atoms with Crippen molar-refractivity contribution in [3.05, 3.63) is 35.5 Å². The first-order chi connectivity index (χ1) is 9.74. The fraction of sp³-hybridized carbons (Fsp3) is 0.438. The molecule has 2 aromatic rings. The van der Waals surface area contributed by atoms with Crippen LogP contribution < -0.4 is 0 Å². The summed E-state index contributed by atoms with van der Waals surface area (Å²) in [6.07, 6.45) is 7.20. The molecule has 3 rings (SSSR count). The molecule has 1 saturated heterocycles. The Kier molecular flexibility index (Phi) is 3.74. The van der Waals surface area contributed by atoms with Crippen LogP contribution in [0.25, 0.3) is 10.9 Å². The van der Waals surface area contributed by atoms with Gasteiger partial charge in [0, 0.05) is 23.6 Å². The number of aromatic carboxylic acids is 1. The van der Waals surface area contributed by atoms with Crippen molar-refractivity contribution in [3.8, 4) is 0 Å². The summed E-state index contributed by atoms with van der Waals surface area (Å²) in [5.74, 6) is -0.867. The maximum absolute atomic E-state index is 11.1. The molecule has 4 heteroatoms. The minimum Gasteiger partial charge on any atom is -0.478 e. The predicted molar refractivity (Wildman–Crippen MR) is 79.0 cm³/mol. The van der Waals surface area contributed by atoms with E-state index >= 15 is 0 Å². The highest BCUT2D eigenvalue weighted by atomic mass is 16.4. The van der Waals surface area contributed by atoms with Gasteiger partial charge in [-0.15, -0.1) is 0 Å². The summed E-state index contributed by atoms with van der Waals surface area (Å²) in [6, 6.07) is 5.28. The smallest absolute Gasteiger partial charge is 0.335 e. The molecule has 1 aromatic heterocycles. The molecule has 0 atom stereocenters. The van der Waals surface area contributed by atoms with E-state index in [1.54, 1.807) is 12.1 Å². The van der Waals surface area contributed by atoms with E-state index < -0.39 is 5.97 Å². The molecule has 0 aliphatic carbocycles. The van der Waals surface area contributed by atoms with E-state index in [0.717, 1.165) is 30.5 Å². The largest absolute Gasteiger partial charge is 0.478 e. The van der Waals surface area contributed by atoms with Crippen molar-refractivity contribution in [2.75, 3.05) is 13.1 Å². The van der Waals surface area contributed by atoms with Gasteiger partial charge in [-0.3, -0.25) is 4.90 Å². The average molecular weight is 272 g/mol. The molecule has 0 spiro atoms. The number of aromatic nitrogens is 1. The number of nitrogens with zero attached hydrogens (tertiary/aromatic N) is 1. The lowest BCUT2D eigenvalue weighted by Gasteiger charge is -2.19. The third-order valence-electron chi connectivity index (χ3n) is 4.11. The van der Waals surface area contributed by atoms with Crippen LogP contribution in [0, 0.1) is 0 Å². The number of fused-ring (bicyclic) bond motifs is 1. The molecule has 1 aromatic carbocycles. The maximum atomic E-state index is 11.1. The molecular formula is C16H20N2O2. The summed E-state index contributed by atoms with van der Waals surface area (Å²) < 4.78 is 0. The first-order valence-electron chi connectivity index (χ1n) is 7.30. The quantitative estimate of drug-likeness (QED) is 0.901. The standard InChI is InChI=1S/C16H20N2O2/c19-16(20)12-5-6-15-14(9-12)13(10-17-15)11-18-7-3-1-2-4-8-18/h5-6,9-10,17H,1-4,7-8,11H2,(H,19,20). The van der Waals surface area contributed by atoms with Crippen molar-refractivity contribution in [1.29, 1.82) is 0 Å². The molecule has 1 aliphatic rings. The van der Waals surface area contributed by atoms with Gasteiger partial charge in [-0.2, -0.15) is 0 Å². The molecule has 0 radical (unpaired) electrons. The molecule has 1 fully saturated rings. The molecule has 0 saturated carbocycles. The lowest BCUT2D eigenvalue weighted by molar-refractivity contribution is 0.0697. The summed E-state index contributed by atoms with van der Waals surface area (Å²) in [5, 5.41) is 10.1. The lowest BCUT2D eigenvalue weighted by Crippen LogP contribution is -2.23. The summed E-state index contributed by atoms with van der Waals surface area (Å²) in [6.45, 7) is 3.19. The predicted octanol–water partition coefficient (Wildman–Crippen LogP) is 3.24. The Labute approximate surface area is 118 Å². The van der Waals surface area contributed by atoms with Crippen LogP contribution in [0.4, 0.5) is 0 Å². The number of H-pyrrole nitrogens is 1. The monoisotopic (exact) mass is 272 g/mol. The van der Waals surface area contributed by atoms with E-state index in [1.165, 1.54) is 31.2 Å². The number of nitrogens with one attached hydrogen (secondary N) is 1. The molecular weight excluding hydrogens is 252 g/mol. The second-order valence-electron chi connectivity index (χ2n) is 5.57. The average Bonchev–Trinajstić information content (AvgIpc) is 2.66. The fourth-order valence-electron chi connectivity index (χ4n) is 2.98. The number of carboxylic acid groups (broad SMARTS) is 1. The molecule has 0 amide bonds. The van der Waals surface area contributed by atoms with E-state index in [4.69, 9.17) is 5.11 Å². The lowest BCUT2D eigenvalue weighted by atomic mass is 10.1. The van der Waals surface area contributed by atoms with Gasteiger partial charge in [0.2, 0.25) is 0 Å². The van der Waals surface area contributed by atoms with E-state index in [-0.39, 0.29) is 0 Å². The van der Waals surface area contributed by atoms with Gasteiger partial charge in [0.05, 0.1) is 5.56 Å². The van der Waals surface area contributed by atoms with E-state index in [1.807, 2.05) is 12.3 Å². The van der Waals surface area contributed by atoms with Crippen LogP contribution in [-0.2, 0) is 6.54 Å². The number of rotatable bonds is 3. The first-order valence-corrected chi connectivity index (χ1v) is 7.30. The zero-order valence-corrected chi connectivity index (χ0v) is 11.6. The molecule has 2 heterocycles. The van der Waals surface area contributed by atoms with Crippen molar-refractivity contribution in [1.82, 2.24) is 9.88 Å². The summed E-state index contributed by atoms with van der Waals surface area (Å²) >= 11 is 0. The van der Waals surface area contributed by atoms with Crippen LogP contribution in [0.3, 0.4) is 0 Å². The third-order valence-corrected chi connectivity index (χ3v) is 4.11. The topological polar surface area (TPSA) is 56.3 Å². The summed E-state index contributed by atoms with van der Waals surface area (Å²) in [7, 11) is 0. The third kappa shape index (κ3) is 2.70. The van der Waals surface area contributed by atoms with Gasteiger partial charge in [0.25, 0.3) is 0 Å². The fourth-order valence-corrected chi connectivity index (χ4v) is 2.98. The van der Waals surface area contributed by atoms with Crippen molar-refractivity contribution >= 4 is 16.9 Å². The number of carbonyl (C=O) groups is 1. The summed E-state index contributed by atoms with van der Waals surface area (Å²) in [4.78, 5) is 16.8. The minimum absolute atomic E-state index is 0.356. The van der Waals surface area contributed by atoms with Crippen molar-refractivity contribution in [2.24, 2.45) is 0 Å². The Bertz CT molecular complexity index is 610. The van der Waals surface area contributed by atoms with Crippen LogP contribution in [0.1, 0.15) is 41.6 Å². The molecule has 4 nitrogen and oxygen atoms in total. The highest BCUT2D eigenvalue weighted by Gasteiger charge is 2.13. The van der Waals surface area contributed by atoms with Crippen LogP contribution in [0.15, 0.2) is 24.4 Å². The van der Waals surface area contributed by atoms with Crippen molar-refractivity contribution in [3.63, 3.8) is 0 Å². The Morgan fingerprint density at radius 2 is 1.95 bits per heavy atom. The Balaban J connectivity index is 1.86. The second-order valence-corrected chi connectivity index (χ2v) is 5.57. The number of benzene rings is 1. The van der Waals surface area contributed by atoms with Crippen LogP contribution in [0.2, 0.25) is 0 Å². The van der Waals surface area contributed by atoms with Gasteiger partial charge >= 0.3 is 5.97 Å². The van der Waals surface area contributed by atoms with Gasteiger partial charge < -0.3 is 10.1 Å². The molecule has 0 unspecified atom stereocenters. The highest BCUT2D eigenvalue weighted by molar-refractivity contribution is 5.94. The molecule has 20 heavy (non-hydrogen) atoms. The van der Waals surface area contributed by atoms with Crippen molar-refractivity contribution < 1.29 is 9.90 Å². The molecule has 106 valence electrons. The minimum atomic E-state index is -0.867. The molecule has 0 bridgehead atoms. The summed E-state index contributed by atoms with van der Waals surface area (Å²) in [5.41, 5.74) is 2.57. The van der Waals surface area contributed by atoms with Crippen LogP contribution >= 0.6 is 0 Å². The number of likely N-dealkylation sites (tertiary alicyclic amines) is 1. The second kappa shape index (κ2) is 5.67. The SMILES string of the molecule is O=C(O)c1ccc2[nH]cc(CN3CCCCCC3)c2c1.